The van der Waals surface area contributed by atoms with Gasteiger partial charge in [-0.25, -0.2) is 4.85 Å². The molecule has 0 amide bonds. The van der Waals surface area contributed by atoms with Crippen LogP contribution in [0.1, 0.15) is 11.1 Å². The van der Waals surface area contributed by atoms with Crippen LogP contribution >= 0.6 is 0 Å². The average Bonchev–Trinajstić information content (AvgIpc) is 4.00. The molecule has 0 radical (unpaired) electrons. The summed E-state index contributed by atoms with van der Waals surface area (Å²) >= 11 is 0. The molecule has 4 aromatic heterocycles. The predicted octanol–water partition coefficient (Wildman–Crippen LogP) is 10.9. The zero-order valence-electron chi connectivity index (χ0n) is 30.1. The van der Waals surface area contributed by atoms with Crippen molar-refractivity contribution >= 4 is 22.6 Å². The predicted molar refractivity (Wildman–Crippen MR) is 221 cm³/mol. The highest BCUT2D eigenvalue weighted by Gasteiger charge is 2.31. The Morgan fingerprint density at radius 2 is 0.684 bits per heavy atom. The smallest absolute Gasteiger partial charge is 0.187 e. The summed E-state index contributed by atoms with van der Waals surface area (Å²) in [5, 5.41) is 35.9. The highest BCUT2D eigenvalue weighted by atomic mass is 15.5. The van der Waals surface area contributed by atoms with Gasteiger partial charge in [0.2, 0.25) is 0 Å². The average molecular weight is 730 g/mol. The Kier molecular flexibility index (Phi) is 7.75. The van der Waals surface area contributed by atoms with Gasteiger partial charge in [-0.2, -0.15) is 39.4 Å². The zero-order chi connectivity index (χ0) is 38.5. The molecule has 0 aliphatic carbocycles. The maximum atomic E-state index is 9.75. The van der Waals surface area contributed by atoms with Gasteiger partial charge in [0.15, 0.2) is 22.6 Å². The Balaban J connectivity index is 1.48. The van der Waals surface area contributed by atoms with Crippen molar-refractivity contribution in [1.82, 2.24) is 28.8 Å². The summed E-state index contributed by atoms with van der Waals surface area (Å²) in [5.74, 6) is 0. The summed E-state index contributed by atoms with van der Waals surface area (Å²) < 4.78 is 5.80. The second kappa shape index (κ2) is 13.4. The molecule has 0 N–H and O–H groups in total. The molecule has 0 saturated heterocycles. The molecule has 264 valence electrons. The lowest BCUT2D eigenvalue weighted by atomic mass is 9.99. The minimum atomic E-state index is 0.531. The van der Waals surface area contributed by atoms with Crippen molar-refractivity contribution in [3.63, 3.8) is 0 Å². The molecule has 10 aromatic rings. The molecule has 0 fully saturated rings. The topological polar surface area (TPSA) is 104 Å². The Morgan fingerprint density at radius 3 is 0.965 bits per heavy atom. The van der Waals surface area contributed by atoms with E-state index < -0.39 is 0 Å². The van der Waals surface area contributed by atoms with Crippen molar-refractivity contribution in [2.24, 2.45) is 0 Å². The van der Waals surface area contributed by atoms with Gasteiger partial charge in [-0.05, 0) is 41.0 Å². The summed E-state index contributed by atoms with van der Waals surface area (Å²) in [4.78, 5) is 3.67. The van der Waals surface area contributed by atoms with Crippen molar-refractivity contribution in [3.05, 3.63) is 186 Å². The van der Waals surface area contributed by atoms with E-state index in [1.807, 2.05) is 177 Å². The molecular formula is C48H27N9. The molecule has 0 bridgehead atoms. The van der Waals surface area contributed by atoms with Crippen LogP contribution in [0.4, 0.5) is 5.69 Å². The van der Waals surface area contributed by atoms with Gasteiger partial charge in [0.05, 0.1) is 46.5 Å². The van der Waals surface area contributed by atoms with Crippen LogP contribution in [0.5, 0.6) is 0 Å². The molecule has 0 aliphatic heterocycles. The molecular weight excluding hydrogens is 703 g/mol. The van der Waals surface area contributed by atoms with Crippen molar-refractivity contribution in [2.45, 2.75) is 0 Å². The van der Waals surface area contributed by atoms with Crippen LogP contribution < -0.4 is 0 Å². The fourth-order valence-corrected chi connectivity index (χ4v) is 7.57. The Hall–Kier alpha value is -8.58. The van der Waals surface area contributed by atoms with Crippen molar-refractivity contribution in [3.8, 4) is 79.3 Å². The van der Waals surface area contributed by atoms with E-state index >= 15 is 0 Å². The normalized spacial score (nSPS) is 11.1. The molecule has 6 aromatic carbocycles. The standard InChI is InChI=1S/C48H27N9/c1-51-39-27-25-35(26-28-39)42-45(38-15-9-4-10-16-38)54-57-47-40(33-21-17-31(29-49)18-22-33)43(36-11-5-2-6-12-36)52-55(47)46-41(34-23-19-32(30-50)20-24-34)44(53-56(46)48(42)57)37-13-7-3-8-14-37/h2-28H. The molecule has 0 unspecified atom stereocenters. The lowest BCUT2D eigenvalue weighted by Crippen LogP contribution is -2.06. The largest absolute Gasteiger partial charge is 0.238 e. The molecule has 9 heteroatoms. The summed E-state index contributed by atoms with van der Waals surface area (Å²) in [5.41, 5.74) is 13.6. The van der Waals surface area contributed by atoms with Gasteiger partial charge < -0.3 is 0 Å². The van der Waals surface area contributed by atoms with Crippen LogP contribution in [0, 0.1) is 29.2 Å². The monoisotopic (exact) mass is 729 g/mol. The van der Waals surface area contributed by atoms with E-state index in [4.69, 9.17) is 21.9 Å². The zero-order valence-corrected chi connectivity index (χ0v) is 30.1. The summed E-state index contributed by atoms with van der Waals surface area (Å²) in [6.45, 7) is 7.66. The lowest BCUT2D eigenvalue weighted by Gasteiger charge is -2.09. The maximum Gasteiger partial charge on any atom is 0.187 e. The Labute approximate surface area is 326 Å². The second-order valence-corrected chi connectivity index (χ2v) is 13.5. The van der Waals surface area contributed by atoms with Gasteiger partial charge in [-0.3, -0.25) is 0 Å². The molecule has 0 saturated carbocycles. The van der Waals surface area contributed by atoms with Gasteiger partial charge in [0.25, 0.3) is 0 Å². The van der Waals surface area contributed by atoms with Crippen molar-refractivity contribution < 1.29 is 0 Å². The Morgan fingerprint density at radius 1 is 0.386 bits per heavy atom. The van der Waals surface area contributed by atoms with Crippen molar-refractivity contribution in [1.29, 1.82) is 10.5 Å². The van der Waals surface area contributed by atoms with E-state index in [0.717, 1.165) is 67.2 Å². The van der Waals surface area contributed by atoms with Crippen LogP contribution in [0.15, 0.2) is 164 Å². The van der Waals surface area contributed by atoms with Gasteiger partial charge >= 0.3 is 0 Å². The number of aromatic nitrogens is 6. The molecule has 0 atom stereocenters. The minimum absolute atomic E-state index is 0.531. The van der Waals surface area contributed by atoms with E-state index in [1.54, 1.807) is 0 Å². The van der Waals surface area contributed by atoms with Crippen LogP contribution in [0.25, 0.3) is 88.9 Å². The number of hydrogen-bond donors (Lipinski definition) is 0. The van der Waals surface area contributed by atoms with E-state index in [2.05, 4.69) is 17.0 Å². The third kappa shape index (κ3) is 5.33. The number of benzene rings is 6. The first-order valence-corrected chi connectivity index (χ1v) is 18.2. The molecule has 57 heavy (non-hydrogen) atoms. The molecule has 10 rings (SSSR count). The third-order valence-corrected chi connectivity index (χ3v) is 10.2. The first-order valence-electron chi connectivity index (χ1n) is 18.2. The quantitative estimate of drug-likeness (QED) is 0.158. The number of fused-ring (bicyclic) bond motifs is 6. The van der Waals surface area contributed by atoms with E-state index in [1.165, 1.54) is 0 Å². The molecule has 4 heterocycles. The first-order chi connectivity index (χ1) is 28.1. The van der Waals surface area contributed by atoms with Gasteiger partial charge in [0.1, 0.15) is 17.1 Å². The molecule has 0 spiro atoms. The molecule has 9 nitrogen and oxygen atoms in total. The fourth-order valence-electron chi connectivity index (χ4n) is 7.57. The minimum Gasteiger partial charge on any atom is -0.238 e. The highest BCUT2D eigenvalue weighted by molar-refractivity contribution is 6.00. The van der Waals surface area contributed by atoms with E-state index in [-0.39, 0.29) is 0 Å². The maximum absolute atomic E-state index is 9.75. The highest BCUT2D eigenvalue weighted by Crippen LogP contribution is 2.44. The number of hydrogen-bond acceptors (Lipinski definition) is 5. The molecule has 0 aliphatic rings. The van der Waals surface area contributed by atoms with Crippen LogP contribution in [-0.4, -0.2) is 28.8 Å². The fraction of sp³-hybridized carbons (Fsp3) is 0. The first kappa shape index (κ1) is 33.0. The van der Waals surface area contributed by atoms with Crippen molar-refractivity contribution in [2.75, 3.05) is 0 Å². The van der Waals surface area contributed by atoms with E-state index in [0.29, 0.717) is 33.8 Å². The lowest BCUT2D eigenvalue weighted by molar-refractivity contribution is 0.832. The third-order valence-electron chi connectivity index (χ3n) is 10.2. The van der Waals surface area contributed by atoms with Crippen LogP contribution in [0.3, 0.4) is 0 Å². The van der Waals surface area contributed by atoms with Gasteiger partial charge in [0, 0.05) is 16.7 Å². The number of nitrogens with zero attached hydrogens (tertiary/aromatic N) is 9. The van der Waals surface area contributed by atoms with Crippen LogP contribution in [-0.2, 0) is 0 Å². The Bertz CT molecular complexity index is 2880. The summed E-state index contributed by atoms with van der Waals surface area (Å²) in [7, 11) is 0. The van der Waals surface area contributed by atoms with Crippen LogP contribution in [0.2, 0.25) is 0 Å². The van der Waals surface area contributed by atoms with Gasteiger partial charge in [-0.15, -0.1) is 0 Å². The number of nitriles is 2. The van der Waals surface area contributed by atoms with Gasteiger partial charge in [-0.1, -0.05) is 140 Å². The van der Waals surface area contributed by atoms with E-state index in [9.17, 15) is 10.5 Å². The SMILES string of the molecule is [C-]#[N+]c1ccc(-c2c(-c3ccccc3)nn3c4c(-c5ccc(C#N)cc5)c(-c5ccccc5)nn4c4c(-c5ccc(C#N)cc5)c(-c5ccccc5)nn4c23)cc1. The number of rotatable bonds is 6. The summed E-state index contributed by atoms with van der Waals surface area (Å²) in [6.07, 6.45) is 0. The summed E-state index contributed by atoms with van der Waals surface area (Å²) in [6, 6.07) is 57.3. The second-order valence-electron chi connectivity index (χ2n) is 13.5.